The number of carbonyl (C=O) groups is 1. The maximum absolute atomic E-state index is 14.9. The monoisotopic (exact) mass is 498 g/mol. The van der Waals surface area contributed by atoms with Crippen molar-refractivity contribution in [2.75, 3.05) is 11.9 Å². The van der Waals surface area contributed by atoms with Crippen LogP contribution in [-0.4, -0.2) is 36.8 Å². The smallest absolute Gasteiger partial charge is 0.259 e. The Kier molecular flexibility index (Phi) is 6.68. The fourth-order valence-corrected chi connectivity index (χ4v) is 4.19. The minimum Gasteiger partial charge on any atom is -0.494 e. The topological polar surface area (TPSA) is 86.9 Å². The van der Waals surface area contributed by atoms with Crippen LogP contribution >= 0.6 is 0 Å². The quantitative estimate of drug-likeness (QED) is 0.296. The molecule has 1 amide bonds. The lowest BCUT2D eigenvalue weighted by atomic mass is 10.1. The number of carbonyl (C=O) groups excluding carboxylic acids is 1. The van der Waals surface area contributed by atoms with E-state index in [0.29, 0.717) is 35.9 Å². The molecule has 0 unspecified atom stereocenters. The summed E-state index contributed by atoms with van der Waals surface area (Å²) in [6.45, 7) is 7.16. The van der Waals surface area contributed by atoms with Crippen LogP contribution in [0, 0.1) is 5.82 Å². The van der Waals surface area contributed by atoms with Gasteiger partial charge in [-0.2, -0.15) is 0 Å². The molecule has 8 nitrogen and oxygen atoms in total. The number of pyridine rings is 1. The lowest BCUT2D eigenvalue weighted by molar-refractivity contribution is 0.102. The summed E-state index contributed by atoms with van der Waals surface area (Å²) in [5, 5.41) is 11.6. The minimum absolute atomic E-state index is 0.0586. The van der Waals surface area contributed by atoms with Crippen LogP contribution in [-0.2, 0) is 6.54 Å². The lowest BCUT2D eigenvalue weighted by Crippen LogP contribution is -2.15. The second kappa shape index (κ2) is 10.2. The molecule has 0 atom stereocenters. The fourth-order valence-electron chi connectivity index (χ4n) is 4.19. The number of aromatic nitrogens is 5. The number of rotatable bonds is 8. The summed E-state index contributed by atoms with van der Waals surface area (Å²) < 4.78 is 24.3. The number of nitrogens with one attached hydrogen (secondary N) is 1. The van der Waals surface area contributed by atoms with E-state index in [4.69, 9.17) is 4.74 Å². The zero-order valence-corrected chi connectivity index (χ0v) is 20.9. The highest BCUT2D eigenvalue weighted by molar-refractivity contribution is 6.06. The van der Waals surface area contributed by atoms with Crippen LogP contribution in [0.3, 0.4) is 0 Å². The molecule has 0 saturated heterocycles. The summed E-state index contributed by atoms with van der Waals surface area (Å²) >= 11 is 0. The molecule has 0 aliphatic heterocycles. The van der Waals surface area contributed by atoms with Gasteiger partial charge in [-0.1, -0.05) is 18.2 Å². The predicted molar refractivity (Wildman–Crippen MR) is 140 cm³/mol. The number of fused-ring (bicyclic) bond motifs is 1. The third-order valence-corrected chi connectivity index (χ3v) is 6.04. The molecule has 5 aromatic rings. The summed E-state index contributed by atoms with van der Waals surface area (Å²) in [6.07, 6.45) is 3.53. The summed E-state index contributed by atoms with van der Waals surface area (Å²) in [5.74, 6) is 0.519. The first-order valence-electron chi connectivity index (χ1n) is 12.1. The molecule has 0 aliphatic carbocycles. The van der Waals surface area contributed by atoms with Crippen LogP contribution in [0.5, 0.6) is 5.75 Å². The van der Waals surface area contributed by atoms with Crippen molar-refractivity contribution in [3.8, 4) is 17.3 Å². The maximum Gasteiger partial charge on any atom is 0.259 e. The highest BCUT2D eigenvalue weighted by Gasteiger charge is 2.17. The molecule has 188 valence electrons. The van der Waals surface area contributed by atoms with E-state index in [-0.39, 0.29) is 11.6 Å². The van der Waals surface area contributed by atoms with Crippen LogP contribution in [0.4, 0.5) is 10.2 Å². The molecule has 2 aromatic carbocycles. The van der Waals surface area contributed by atoms with Crippen molar-refractivity contribution >= 4 is 22.6 Å². The number of anilines is 1. The van der Waals surface area contributed by atoms with Gasteiger partial charge in [0, 0.05) is 29.7 Å². The fraction of sp³-hybridized carbons (Fsp3) is 0.214. The molecule has 0 saturated carbocycles. The molecule has 0 fully saturated rings. The zero-order valence-electron chi connectivity index (χ0n) is 20.9. The molecule has 0 aliphatic rings. The molecule has 9 heteroatoms. The highest BCUT2D eigenvalue weighted by atomic mass is 19.1. The van der Waals surface area contributed by atoms with E-state index in [2.05, 4.69) is 20.5 Å². The van der Waals surface area contributed by atoms with Gasteiger partial charge in [0.15, 0.2) is 5.82 Å². The first-order chi connectivity index (χ1) is 17.9. The normalized spacial score (nSPS) is 11.3. The number of hydrogen-bond acceptors (Lipinski definition) is 5. The van der Waals surface area contributed by atoms with Crippen LogP contribution in [0.1, 0.15) is 42.7 Å². The third kappa shape index (κ3) is 5.06. The van der Waals surface area contributed by atoms with Gasteiger partial charge in [0.25, 0.3) is 5.91 Å². The number of amides is 1. The summed E-state index contributed by atoms with van der Waals surface area (Å²) in [4.78, 5) is 17.6. The number of halogens is 1. The molecule has 0 bridgehead atoms. The van der Waals surface area contributed by atoms with Gasteiger partial charge in [-0.15, -0.1) is 10.2 Å². The van der Waals surface area contributed by atoms with Gasteiger partial charge in [0.2, 0.25) is 0 Å². The number of hydrogen-bond donors (Lipinski definition) is 1. The molecule has 3 heterocycles. The van der Waals surface area contributed by atoms with E-state index >= 15 is 0 Å². The van der Waals surface area contributed by atoms with Crippen LogP contribution in [0.15, 0.2) is 73.2 Å². The second-order valence-corrected chi connectivity index (χ2v) is 8.93. The summed E-state index contributed by atoms with van der Waals surface area (Å²) in [7, 11) is 0. The summed E-state index contributed by atoms with van der Waals surface area (Å²) in [5.41, 5.74) is 2.32. The van der Waals surface area contributed by atoms with Gasteiger partial charge in [-0.05, 0) is 68.8 Å². The van der Waals surface area contributed by atoms with E-state index < -0.39 is 11.7 Å². The predicted octanol–water partition coefficient (Wildman–Crippen LogP) is 5.71. The van der Waals surface area contributed by atoms with Crippen LogP contribution < -0.4 is 10.1 Å². The Balaban J connectivity index is 1.39. The molecule has 0 spiro atoms. The molecular weight excluding hydrogens is 471 g/mol. The van der Waals surface area contributed by atoms with Gasteiger partial charge in [0.1, 0.15) is 29.4 Å². The van der Waals surface area contributed by atoms with Gasteiger partial charge in [-0.25, -0.2) is 9.37 Å². The van der Waals surface area contributed by atoms with Gasteiger partial charge < -0.3 is 19.2 Å². The molecule has 5 rings (SSSR count). The van der Waals surface area contributed by atoms with Crippen LogP contribution in [0.2, 0.25) is 0 Å². The standard InChI is InChI=1S/C28H27FN6O2/c1-4-37-21-10-8-19(9-11-21)16-34-13-12-20-14-23(29)22(15-25(20)34)28(36)32-26-7-5-6-24(31-26)27-33-30-17-35(27)18(2)3/h5-15,17-18H,4,16H2,1-3H3,(H,31,32,36). The lowest BCUT2D eigenvalue weighted by Gasteiger charge is -2.11. The Labute approximate surface area is 213 Å². The minimum atomic E-state index is -0.598. The van der Waals surface area contributed by atoms with Crippen molar-refractivity contribution in [1.29, 1.82) is 0 Å². The van der Waals surface area contributed by atoms with E-state index in [1.54, 1.807) is 30.6 Å². The SMILES string of the molecule is CCOc1ccc(Cn2ccc3cc(F)c(C(=O)Nc4cccc(-c5nncn5C(C)C)n4)cc32)cc1. The average molecular weight is 499 g/mol. The number of ether oxygens (including phenoxy) is 1. The highest BCUT2D eigenvalue weighted by Crippen LogP contribution is 2.24. The van der Waals surface area contributed by atoms with E-state index in [1.165, 1.54) is 6.07 Å². The molecular formula is C28H27FN6O2. The molecule has 37 heavy (non-hydrogen) atoms. The Hall–Kier alpha value is -4.53. The molecule has 0 radical (unpaired) electrons. The average Bonchev–Trinajstić information content (AvgIpc) is 3.53. The zero-order chi connectivity index (χ0) is 25.9. The van der Waals surface area contributed by atoms with E-state index in [0.717, 1.165) is 16.8 Å². The van der Waals surface area contributed by atoms with Crippen LogP contribution in [0.25, 0.3) is 22.4 Å². The maximum atomic E-state index is 14.9. The van der Waals surface area contributed by atoms with Crippen molar-refractivity contribution in [1.82, 2.24) is 24.3 Å². The van der Waals surface area contributed by atoms with Crippen molar-refractivity contribution in [3.63, 3.8) is 0 Å². The first-order valence-corrected chi connectivity index (χ1v) is 12.1. The Morgan fingerprint density at radius 1 is 1.11 bits per heavy atom. The third-order valence-electron chi connectivity index (χ3n) is 6.04. The number of nitrogens with zero attached hydrogens (tertiary/aromatic N) is 5. The number of benzene rings is 2. The largest absolute Gasteiger partial charge is 0.494 e. The van der Waals surface area contributed by atoms with E-state index in [1.807, 2.05) is 66.4 Å². The second-order valence-electron chi connectivity index (χ2n) is 8.93. The molecule has 1 N–H and O–H groups in total. The Morgan fingerprint density at radius 2 is 1.92 bits per heavy atom. The molecule has 3 aromatic heterocycles. The Morgan fingerprint density at radius 3 is 2.68 bits per heavy atom. The summed E-state index contributed by atoms with van der Waals surface area (Å²) in [6, 6.07) is 18.0. The van der Waals surface area contributed by atoms with E-state index in [9.17, 15) is 9.18 Å². The van der Waals surface area contributed by atoms with Gasteiger partial charge in [0.05, 0.1) is 12.2 Å². The van der Waals surface area contributed by atoms with Crippen molar-refractivity contribution < 1.29 is 13.9 Å². The van der Waals surface area contributed by atoms with Crippen molar-refractivity contribution in [2.45, 2.75) is 33.4 Å². The van der Waals surface area contributed by atoms with Gasteiger partial charge in [-0.3, -0.25) is 4.79 Å². The van der Waals surface area contributed by atoms with Gasteiger partial charge >= 0.3 is 0 Å². The Bertz CT molecular complexity index is 1560. The van der Waals surface area contributed by atoms with Crippen molar-refractivity contribution in [3.05, 3.63) is 90.1 Å². The first kappa shape index (κ1) is 24.2. The van der Waals surface area contributed by atoms with Crippen molar-refractivity contribution in [2.24, 2.45) is 0 Å².